The Hall–Kier alpha value is -1.89. The summed E-state index contributed by atoms with van der Waals surface area (Å²) in [4.78, 5) is 1.91. The third-order valence-corrected chi connectivity index (χ3v) is 3.25. The molecule has 1 heterocycles. The van der Waals surface area contributed by atoms with Crippen molar-refractivity contribution in [1.29, 1.82) is 0 Å². The van der Waals surface area contributed by atoms with Crippen LogP contribution in [0.25, 0.3) is 0 Å². The van der Waals surface area contributed by atoms with E-state index in [2.05, 4.69) is 22.3 Å². The zero-order valence-electron chi connectivity index (χ0n) is 12.3. The lowest BCUT2D eigenvalue weighted by Gasteiger charge is -2.25. The van der Waals surface area contributed by atoms with Crippen molar-refractivity contribution in [2.45, 2.75) is 33.6 Å². The highest BCUT2D eigenvalue weighted by atomic mass is 16.4. The molecule has 1 aromatic rings. The fourth-order valence-corrected chi connectivity index (χ4v) is 1.97. The Labute approximate surface area is 119 Å². The molecule has 1 aromatic heterocycles. The topological polar surface area (TPSA) is 108 Å². The molecule has 0 fully saturated rings. The Morgan fingerprint density at radius 1 is 1.30 bits per heavy atom. The first kappa shape index (κ1) is 16.2. The molecule has 0 saturated heterocycles. The van der Waals surface area contributed by atoms with Crippen molar-refractivity contribution < 1.29 is 10.3 Å². The monoisotopic (exact) mass is 281 g/mol. The molecule has 0 saturated carbocycles. The van der Waals surface area contributed by atoms with Gasteiger partial charge < -0.3 is 20.9 Å². The van der Waals surface area contributed by atoms with Crippen molar-refractivity contribution in [3.05, 3.63) is 16.8 Å². The van der Waals surface area contributed by atoms with Crippen LogP contribution in [0.5, 0.6) is 0 Å². The summed E-state index contributed by atoms with van der Waals surface area (Å²) in [6.45, 7) is 6.95. The summed E-state index contributed by atoms with van der Waals surface area (Å²) in [5.41, 5.74) is 7.90. The van der Waals surface area contributed by atoms with Gasteiger partial charge in [0.2, 0.25) is 0 Å². The Balaban J connectivity index is 3.29. The van der Waals surface area contributed by atoms with Gasteiger partial charge in [0.15, 0.2) is 11.7 Å². The Morgan fingerprint density at radius 2 is 2.00 bits per heavy atom. The second-order valence-electron chi connectivity index (χ2n) is 4.66. The molecule has 0 bridgehead atoms. The van der Waals surface area contributed by atoms with E-state index in [9.17, 15) is 5.11 Å². The lowest BCUT2D eigenvalue weighted by atomic mass is 10.1. The number of hydrogen-bond acceptors (Lipinski definition) is 6. The van der Waals surface area contributed by atoms with Gasteiger partial charge in [0.25, 0.3) is 0 Å². The highest BCUT2D eigenvalue weighted by Crippen LogP contribution is 2.22. The van der Waals surface area contributed by atoms with Gasteiger partial charge in [0, 0.05) is 13.1 Å². The summed E-state index contributed by atoms with van der Waals surface area (Å²) >= 11 is 0. The summed E-state index contributed by atoms with van der Waals surface area (Å²) in [6.07, 6.45) is 1.99. The molecule has 0 aliphatic rings. The van der Waals surface area contributed by atoms with Crippen LogP contribution in [0.3, 0.4) is 0 Å². The van der Waals surface area contributed by atoms with Gasteiger partial charge in [0.1, 0.15) is 0 Å². The number of amidine groups is 1. The molecule has 0 aliphatic carbocycles. The molecule has 0 atom stereocenters. The van der Waals surface area contributed by atoms with Gasteiger partial charge in [0.05, 0.1) is 17.9 Å². The first-order chi connectivity index (χ1) is 9.56. The molecule has 20 heavy (non-hydrogen) atoms. The first-order valence-electron chi connectivity index (χ1n) is 6.74. The van der Waals surface area contributed by atoms with Gasteiger partial charge in [-0.2, -0.15) is 5.10 Å². The number of nitrogens with zero attached hydrogens (tertiary/aromatic N) is 4. The van der Waals surface area contributed by atoms with Crippen molar-refractivity contribution in [2.24, 2.45) is 10.9 Å². The number of hydrogen-bond donors (Lipinski definition) is 3. The highest BCUT2D eigenvalue weighted by molar-refractivity contribution is 6.02. The van der Waals surface area contributed by atoms with Gasteiger partial charge in [-0.1, -0.05) is 18.5 Å². The van der Waals surface area contributed by atoms with Gasteiger partial charge >= 0.3 is 0 Å². The zero-order valence-corrected chi connectivity index (χ0v) is 12.3. The lowest BCUT2D eigenvalue weighted by Crippen LogP contribution is -2.32. The predicted octanol–water partition coefficient (Wildman–Crippen LogP) is 0.787. The SMILES string of the molecule is CCCCN(CCO)c1nnc(C)c(C)c1C(N)=NO. The van der Waals surface area contributed by atoms with Crippen molar-refractivity contribution >= 4 is 11.7 Å². The largest absolute Gasteiger partial charge is 0.409 e. The highest BCUT2D eigenvalue weighted by Gasteiger charge is 2.19. The minimum absolute atomic E-state index is 0.00787. The number of rotatable bonds is 7. The van der Waals surface area contributed by atoms with E-state index in [1.54, 1.807) is 0 Å². The van der Waals surface area contributed by atoms with Crippen LogP contribution in [-0.2, 0) is 0 Å². The number of aromatic nitrogens is 2. The fourth-order valence-electron chi connectivity index (χ4n) is 1.97. The number of oxime groups is 1. The molecular weight excluding hydrogens is 258 g/mol. The molecule has 7 heteroatoms. The molecule has 0 radical (unpaired) electrons. The Kier molecular flexibility index (Phi) is 6.17. The van der Waals surface area contributed by atoms with Gasteiger partial charge in [-0.25, -0.2) is 0 Å². The fraction of sp³-hybridized carbons (Fsp3) is 0.615. The van der Waals surface area contributed by atoms with Crippen molar-refractivity contribution in [3.8, 4) is 0 Å². The minimum atomic E-state index is 0.00787. The molecule has 0 aliphatic heterocycles. The first-order valence-corrected chi connectivity index (χ1v) is 6.74. The Morgan fingerprint density at radius 3 is 2.55 bits per heavy atom. The molecule has 112 valence electrons. The lowest BCUT2D eigenvalue weighted by molar-refractivity contribution is 0.301. The van der Waals surface area contributed by atoms with Crippen molar-refractivity contribution in [2.75, 3.05) is 24.6 Å². The van der Waals surface area contributed by atoms with E-state index >= 15 is 0 Å². The van der Waals surface area contributed by atoms with Crippen LogP contribution < -0.4 is 10.6 Å². The van der Waals surface area contributed by atoms with E-state index in [4.69, 9.17) is 10.9 Å². The number of nitrogens with two attached hydrogens (primary N) is 1. The molecular formula is C13H23N5O2. The van der Waals surface area contributed by atoms with Crippen LogP contribution in [0.2, 0.25) is 0 Å². The molecule has 0 aromatic carbocycles. The summed E-state index contributed by atoms with van der Waals surface area (Å²) in [5, 5.41) is 29.5. The standard InChI is InChI=1S/C13H23N5O2/c1-4-5-6-18(7-8-19)13-11(12(14)17-20)9(2)10(3)15-16-13/h19-20H,4-8H2,1-3H3,(H2,14,17). The molecule has 0 unspecified atom stereocenters. The second kappa shape index (κ2) is 7.64. The van der Waals surface area contributed by atoms with Crippen LogP contribution in [0, 0.1) is 13.8 Å². The number of aliphatic hydroxyl groups is 1. The summed E-state index contributed by atoms with van der Waals surface area (Å²) < 4.78 is 0. The van der Waals surface area contributed by atoms with Gasteiger partial charge in [-0.3, -0.25) is 0 Å². The van der Waals surface area contributed by atoms with Crippen LogP contribution in [0.4, 0.5) is 5.82 Å². The third-order valence-electron chi connectivity index (χ3n) is 3.25. The van der Waals surface area contributed by atoms with E-state index in [-0.39, 0.29) is 12.4 Å². The number of unbranched alkanes of at least 4 members (excludes halogenated alkanes) is 1. The number of anilines is 1. The van der Waals surface area contributed by atoms with E-state index in [0.717, 1.165) is 30.6 Å². The normalized spacial score (nSPS) is 11.7. The quantitative estimate of drug-likeness (QED) is 0.295. The maximum absolute atomic E-state index is 9.21. The Bertz CT molecular complexity index is 476. The van der Waals surface area contributed by atoms with Crippen LogP contribution in [-0.4, -0.2) is 46.0 Å². The molecule has 0 amide bonds. The van der Waals surface area contributed by atoms with Crippen molar-refractivity contribution in [1.82, 2.24) is 10.2 Å². The molecule has 1 rings (SSSR count). The number of aryl methyl sites for hydroxylation is 1. The third kappa shape index (κ3) is 3.57. The molecule has 0 spiro atoms. The van der Waals surface area contributed by atoms with E-state index in [0.29, 0.717) is 17.9 Å². The van der Waals surface area contributed by atoms with E-state index in [1.807, 2.05) is 18.7 Å². The van der Waals surface area contributed by atoms with Crippen LogP contribution >= 0.6 is 0 Å². The summed E-state index contributed by atoms with van der Waals surface area (Å²) in [5.74, 6) is 0.556. The van der Waals surface area contributed by atoms with Crippen molar-refractivity contribution in [3.63, 3.8) is 0 Å². The predicted molar refractivity (Wildman–Crippen MR) is 78.2 cm³/mol. The van der Waals surface area contributed by atoms with Gasteiger partial charge in [-0.05, 0) is 25.8 Å². The second-order valence-corrected chi connectivity index (χ2v) is 4.66. The van der Waals surface area contributed by atoms with Crippen LogP contribution in [0.1, 0.15) is 36.6 Å². The number of aliphatic hydroxyl groups excluding tert-OH is 1. The molecule has 7 nitrogen and oxygen atoms in total. The average molecular weight is 281 g/mol. The van der Waals surface area contributed by atoms with Gasteiger partial charge in [-0.15, -0.1) is 5.10 Å². The molecule has 4 N–H and O–H groups in total. The average Bonchev–Trinajstić information content (AvgIpc) is 2.45. The van der Waals surface area contributed by atoms with Crippen LogP contribution in [0.15, 0.2) is 5.16 Å². The van der Waals surface area contributed by atoms with E-state index in [1.165, 1.54) is 0 Å². The minimum Gasteiger partial charge on any atom is -0.409 e. The maximum atomic E-state index is 9.21. The smallest absolute Gasteiger partial charge is 0.174 e. The maximum Gasteiger partial charge on any atom is 0.174 e. The summed E-state index contributed by atoms with van der Waals surface area (Å²) in [6, 6.07) is 0. The zero-order chi connectivity index (χ0) is 15.1. The summed E-state index contributed by atoms with van der Waals surface area (Å²) in [7, 11) is 0. The van der Waals surface area contributed by atoms with E-state index < -0.39 is 0 Å².